The summed E-state index contributed by atoms with van der Waals surface area (Å²) in [6.07, 6.45) is 1.73. The minimum Gasteiger partial charge on any atom is -0.497 e. The maximum atomic E-state index is 12.3. The lowest BCUT2D eigenvalue weighted by Crippen LogP contribution is -2.36. The van der Waals surface area contributed by atoms with Gasteiger partial charge in [0.25, 0.3) is 0 Å². The lowest BCUT2D eigenvalue weighted by atomic mass is 10.0. The Morgan fingerprint density at radius 3 is 2.75 bits per heavy atom. The van der Waals surface area contributed by atoms with Crippen LogP contribution >= 0.6 is 0 Å². The minimum atomic E-state index is -0.460. The Morgan fingerprint density at radius 2 is 2.10 bits per heavy atom. The van der Waals surface area contributed by atoms with Crippen molar-refractivity contribution >= 4 is 6.09 Å². The number of hydrogen-bond acceptors (Lipinski definition) is 3. The maximum Gasteiger partial charge on any atom is 0.410 e. The molecule has 0 N–H and O–H groups in total. The minimum absolute atomic E-state index is 0.0833. The maximum absolute atomic E-state index is 12.3. The summed E-state index contributed by atoms with van der Waals surface area (Å²) in [5, 5.41) is 0. The largest absolute Gasteiger partial charge is 0.497 e. The van der Waals surface area contributed by atoms with Gasteiger partial charge in [-0.3, -0.25) is 0 Å². The number of nitrogens with zero attached hydrogens (tertiary/aromatic N) is 1. The van der Waals surface area contributed by atoms with Crippen molar-refractivity contribution in [1.82, 2.24) is 4.90 Å². The second-order valence-electron chi connectivity index (χ2n) is 6.11. The predicted octanol–water partition coefficient (Wildman–Crippen LogP) is 3.77. The van der Waals surface area contributed by atoms with Crippen LogP contribution in [0.4, 0.5) is 4.79 Å². The molecule has 1 amide bonds. The number of amides is 1. The molecular weight excluding hydrogens is 254 g/mol. The number of hydrogen-bond donors (Lipinski definition) is 0. The summed E-state index contributed by atoms with van der Waals surface area (Å²) in [6, 6.07) is 7.99. The average Bonchev–Trinajstić information content (AvgIpc) is 2.86. The molecule has 1 aliphatic heterocycles. The fraction of sp³-hybridized carbons (Fsp3) is 0.562. The zero-order valence-corrected chi connectivity index (χ0v) is 12.7. The molecule has 1 atom stereocenters. The monoisotopic (exact) mass is 277 g/mol. The van der Waals surface area contributed by atoms with Crippen molar-refractivity contribution in [3.63, 3.8) is 0 Å². The van der Waals surface area contributed by atoms with Gasteiger partial charge < -0.3 is 14.4 Å². The van der Waals surface area contributed by atoms with Crippen molar-refractivity contribution in [2.75, 3.05) is 13.7 Å². The van der Waals surface area contributed by atoms with Crippen LogP contribution in [0.15, 0.2) is 24.3 Å². The van der Waals surface area contributed by atoms with Gasteiger partial charge >= 0.3 is 6.09 Å². The lowest BCUT2D eigenvalue weighted by Gasteiger charge is -2.29. The van der Waals surface area contributed by atoms with Crippen LogP contribution in [0.5, 0.6) is 5.75 Å². The SMILES string of the molecule is COc1cccc([C@H]2CCCN2C(=O)OC(C)(C)C)c1. The summed E-state index contributed by atoms with van der Waals surface area (Å²) in [5.41, 5.74) is 0.645. The van der Waals surface area contributed by atoms with Crippen LogP contribution in [0.2, 0.25) is 0 Å². The van der Waals surface area contributed by atoms with Gasteiger partial charge in [-0.2, -0.15) is 0 Å². The van der Waals surface area contributed by atoms with E-state index in [2.05, 4.69) is 0 Å². The van der Waals surface area contributed by atoms with Crippen LogP contribution in [-0.2, 0) is 4.74 Å². The summed E-state index contributed by atoms with van der Waals surface area (Å²) in [6.45, 7) is 6.42. The number of carbonyl (C=O) groups is 1. The second-order valence-corrected chi connectivity index (χ2v) is 6.11. The van der Waals surface area contributed by atoms with Gasteiger partial charge in [0.15, 0.2) is 0 Å². The number of benzene rings is 1. The van der Waals surface area contributed by atoms with E-state index in [1.54, 1.807) is 7.11 Å². The molecule has 110 valence electrons. The van der Waals surface area contributed by atoms with Crippen molar-refractivity contribution in [3.8, 4) is 5.75 Å². The number of likely N-dealkylation sites (tertiary alicyclic amines) is 1. The normalized spacial score (nSPS) is 19.0. The zero-order chi connectivity index (χ0) is 14.8. The summed E-state index contributed by atoms with van der Waals surface area (Å²) in [4.78, 5) is 14.1. The molecule has 2 rings (SSSR count). The highest BCUT2D eigenvalue weighted by molar-refractivity contribution is 5.69. The van der Waals surface area contributed by atoms with Crippen LogP contribution in [-0.4, -0.2) is 30.2 Å². The van der Waals surface area contributed by atoms with E-state index in [0.29, 0.717) is 0 Å². The first-order valence-corrected chi connectivity index (χ1v) is 7.04. The summed E-state index contributed by atoms with van der Waals surface area (Å²) < 4.78 is 10.7. The van der Waals surface area contributed by atoms with Crippen LogP contribution in [0.1, 0.15) is 45.2 Å². The highest BCUT2D eigenvalue weighted by Crippen LogP contribution is 2.34. The van der Waals surface area contributed by atoms with E-state index in [4.69, 9.17) is 9.47 Å². The van der Waals surface area contributed by atoms with Crippen molar-refractivity contribution in [1.29, 1.82) is 0 Å². The van der Waals surface area contributed by atoms with E-state index >= 15 is 0 Å². The van der Waals surface area contributed by atoms with Gasteiger partial charge in [0.1, 0.15) is 11.4 Å². The molecule has 0 unspecified atom stereocenters. The Hall–Kier alpha value is -1.71. The molecule has 1 heterocycles. The van der Waals surface area contributed by atoms with Crippen molar-refractivity contribution in [2.24, 2.45) is 0 Å². The van der Waals surface area contributed by atoms with Crippen LogP contribution < -0.4 is 4.74 Å². The van der Waals surface area contributed by atoms with E-state index < -0.39 is 5.60 Å². The molecular formula is C16H23NO3. The van der Waals surface area contributed by atoms with Crippen LogP contribution in [0.25, 0.3) is 0 Å². The third-order valence-corrected chi connectivity index (χ3v) is 3.36. The average molecular weight is 277 g/mol. The molecule has 1 saturated heterocycles. The third kappa shape index (κ3) is 3.44. The Morgan fingerprint density at radius 1 is 1.35 bits per heavy atom. The summed E-state index contributed by atoms with van der Waals surface area (Å²) >= 11 is 0. The van der Waals surface area contributed by atoms with Crippen LogP contribution in [0.3, 0.4) is 0 Å². The number of rotatable bonds is 2. The summed E-state index contributed by atoms with van der Waals surface area (Å²) in [7, 11) is 1.65. The molecule has 1 fully saturated rings. The molecule has 1 aromatic rings. The van der Waals surface area contributed by atoms with Crippen LogP contribution in [0, 0.1) is 0 Å². The van der Waals surface area contributed by atoms with Gasteiger partial charge in [0.2, 0.25) is 0 Å². The van der Waals surface area contributed by atoms with Gasteiger partial charge in [-0.05, 0) is 51.3 Å². The molecule has 0 aromatic heterocycles. The second kappa shape index (κ2) is 5.73. The molecule has 0 aliphatic carbocycles. The molecule has 1 aliphatic rings. The van der Waals surface area contributed by atoms with E-state index in [1.165, 1.54) is 0 Å². The van der Waals surface area contributed by atoms with Gasteiger partial charge in [-0.15, -0.1) is 0 Å². The molecule has 0 spiro atoms. The number of ether oxygens (including phenoxy) is 2. The standard InChI is InChI=1S/C16H23NO3/c1-16(2,3)20-15(18)17-10-6-9-14(17)12-7-5-8-13(11-12)19-4/h5,7-8,11,14H,6,9-10H2,1-4H3/t14-/m1/s1. The zero-order valence-electron chi connectivity index (χ0n) is 12.7. The van der Waals surface area contributed by atoms with Gasteiger partial charge in [-0.1, -0.05) is 12.1 Å². The lowest BCUT2D eigenvalue weighted by molar-refractivity contribution is 0.0224. The Kier molecular flexibility index (Phi) is 4.21. The van der Waals surface area contributed by atoms with E-state index in [9.17, 15) is 4.79 Å². The van der Waals surface area contributed by atoms with Crippen molar-refractivity contribution < 1.29 is 14.3 Å². The fourth-order valence-corrected chi connectivity index (χ4v) is 2.50. The molecule has 0 radical (unpaired) electrons. The number of carbonyl (C=O) groups excluding carboxylic acids is 1. The Labute approximate surface area is 120 Å². The highest BCUT2D eigenvalue weighted by atomic mass is 16.6. The predicted molar refractivity (Wildman–Crippen MR) is 77.9 cm³/mol. The molecule has 4 heteroatoms. The first-order chi connectivity index (χ1) is 9.40. The smallest absolute Gasteiger partial charge is 0.410 e. The molecule has 0 bridgehead atoms. The van der Waals surface area contributed by atoms with Crippen molar-refractivity contribution in [2.45, 2.75) is 45.3 Å². The topological polar surface area (TPSA) is 38.8 Å². The van der Waals surface area contributed by atoms with E-state index in [0.717, 1.165) is 30.7 Å². The Balaban J connectivity index is 2.16. The first kappa shape index (κ1) is 14.7. The van der Waals surface area contributed by atoms with Gasteiger partial charge in [0.05, 0.1) is 13.2 Å². The molecule has 4 nitrogen and oxygen atoms in total. The van der Waals surface area contributed by atoms with Crippen molar-refractivity contribution in [3.05, 3.63) is 29.8 Å². The molecule has 20 heavy (non-hydrogen) atoms. The van der Waals surface area contributed by atoms with E-state index in [-0.39, 0.29) is 12.1 Å². The summed E-state index contributed by atoms with van der Waals surface area (Å²) in [5.74, 6) is 0.818. The molecule has 1 aromatic carbocycles. The van der Waals surface area contributed by atoms with Gasteiger partial charge in [0, 0.05) is 6.54 Å². The van der Waals surface area contributed by atoms with Gasteiger partial charge in [-0.25, -0.2) is 4.79 Å². The molecule has 0 saturated carbocycles. The Bertz CT molecular complexity index is 479. The fourth-order valence-electron chi connectivity index (χ4n) is 2.50. The first-order valence-electron chi connectivity index (χ1n) is 7.04. The van der Waals surface area contributed by atoms with E-state index in [1.807, 2.05) is 49.9 Å². The highest BCUT2D eigenvalue weighted by Gasteiger charge is 2.33. The quantitative estimate of drug-likeness (QED) is 0.826. The third-order valence-electron chi connectivity index (χ3n) is 3.36. The number of methoxy groups -OCH3 is 1.